The van der Waals surface area contributed by atoms with Gasteiger partial charge in [0.1, 0.15) is 0 Å². The van der Waals surface area contributed by atoms with Crippen LogP contribution in [0.1, 0.15) is 36.0 Å². The summed E-state index contributed by atoms with van der Waals surface area (Å²) >= 11 is 0. The van der Waals surface area contributed by atoms with E-state index in [-0.39, 0.29) is 5.54 Å². The summed E-state index contributed by atoms with van der Waals surface area (Å²) in [5, 5.41) is 13.3. The molecule has 5 nitrogen and oxygen atoms in total. The summed E-state index contributed by atoms with van der Waals surface area (Å²) in [6, 6.07) is 17.0. The Morgan fingerprint density at radius 1 is 1.14 bits per heavy atom. The minimum atomic E-state index is -0.934. The first-order valence-electron chi connectivity index (χ1n) is 10.2. The number of ether oxygens (including phenoxy) is 1. The van der Waals surface area contributed by atoms with Crippen molar-refractivity contribution < 1.29 is 14.6 Å². The Morgan fingerprint density at radius 3 is 2.62 bits per heavy atom. The molecule has 0 radical (unpaired) electrons. The van der Waals surface area contributed by atoms with E-state index in [0.717, 1.165) is 45.3 Å². The van der Waals surface area contributed by atoms with Gasteiger partial charge in [0.2, 0.25) is 0 Å². The molecule has 1 saturated carbocycles. The lowest BCUT2D eigenvalue weighted by molar-refractivity contribution is 0.188. The van der Waals surface area contributed by atoms with Crippen molar-refractivity contribution in [2.45, 2.75) is 44.2 Å². The van der Waals surface area contributed by atoms with Gasteiger partial charge in [0.05, 0.1) is 0 Å². The molecule has 0 aliphatic heterocycles. The summed E-state index contributed by atoms with van der Waals surface area (Å²) < 4.78 is 7.53. The minimum absolute atomic E-state index is 0.308. The quantitative estimate of drug-likeness (QED) is 0.523. The topological polar surface area (TPSA) is 63.5 Å². The Morgan fingerprint density at radius 2 is 1.93 bits per heavy atom. The summed E-state index contributed by atoms with van der Waals surface area (Å²) in [5.74, 6) is 0. The van der Waals surface area contributed by atoms with E-state index in [1.165, 1.54) is 27.6 Å². The Bertz CT molecular complexity index is 990. The standard InChI is InChI=1S/C24H28N2O3/c1-29-14-6-13-26-17-20(16-24(11-12-24)25-23(27)28)22-19(9-5-10-21(22)26)15-18-7-3-2-4-8-18/h2-5,7-10,17,25H,6,11-16H2,1H3,(H,27,28). The predicted molar refractivity (Wildman–Crippen MR) is 115 cm³/mol. The second kappa shape index (κ2) is 8.29. The number of fused-ring (bicyclic) bond motifs is 1. The highest BCUT2D eigenvalue weighted by Gasteiger charge is 2.44. The summed E-state index contributed by atoms with van der Waals surface area (Å²) in [6.45, 7) is 1.61. The van der Waals surface area contributed by atoms with E-state index in [1.54, 1.807) is 7.11 Å². The van der Waals surface area contributed by atoms with Crippen molar-refractivity contribution in [3.63, 3.8) is 0 Å². The molecule has 152 valence electrons. The number of rotatable bonds is 9. The molecule has 1 aliphatic carbocycles. The fraction of sp³-hybridized carbons (Fsp3) is 0.375. The van der Waals surface area contributed by atoms with E-state index >= 15 is 0 Å². The van der Waals surface area contributed by atoms with Crippen LogP contribution in [-0.2, 0) is 24.1 Å². The summed E-state index contributed by atoms with van der Waals surface area (Å²) in [6.07, 6.45) is 5.63. The van der Waals surface area contributed by atoms with Crippen LogP contribution in [0.2, 0.25) is 0 Å². The fourth-order valence-corrected chi connectivity index (χ4v) is 4.27. The van der Waals surface area contributed by atoms with Crippen LogP contribution in [0, 0.1) is 0 Å². The fourth-order valence-electron chi connectivity index (χ4n) is 4.27. The van der Waals surface area contributed by atoms with Crippen LogP contribution in [0.3, 0.4) is 0 Å². The first kappa shape index (κ1) is 19.5. The molecule has 1 fully saturated rings. The molecule has 1 aliphatic rings. The van der Waals surface area contributed by atoms with Gasteiger partial charge < -0.3 is 19.7 Å². The number of aromatic nitrogens is 1. The molecule has 3 aromatic rings. The van der Waals surface area contributed by atoms with Gasteiger partial charge >= 0.3 is 6.09 Å². The second-order valence-corrected chi connectivity index (χ2v) is 8.05. The Balaban J connectivity index is 1.72. The summed E-state index contributed by atoms with van der Waals surface area (Å²) in [4.78, 5) is 11.3. The van der Waals surface area contributed by atoms with Gasteiger partial charge in [-0.3, -0.25) is 0 Å². The number of hydrogen-bond donors (Lipinski definition) is 2. The minimum Gasteiger partial charge on any atom is -0.465 e. The van der Waals surface area contributed by atoms with Crippen LogP contribution in [0.15, 0.2) is 54.7 Å². The second-order valence-electron chi connectivity index (χ2n) is 8.05. The van der Waals surface area contributed by atoms with Gasteiger partial charge in [-0.15, -0.1) is 0 Å². The van der Waals surface area contributed by atoms with E-state index in [2.05, 4.69) is 58.5 Å². The molecule has 2 N–H and O–H groups in total. The van der Waals surface area contributed by atoms with E-state index in [0.29, 0.717) is 0 Å². The van der Waals surface area contributed by atoms with Crippen molar-refractivity contribution >= 4 is 17.0 Å². The molecule has 1 amide bonds. The van der Waals surface area contributed by atoms with Crippen LogP contribution < -0.4 is 5.32 Å². The van der Waals surface area contributed by atoms with Gasteiger partial charge in [0, 0.05) is 42.9 Å². The van der Waals surface area contributed by atoms with Crippen molar-refractivity contribution in [3.05, 3.63) is 71.4 Å². The zero-order valence-corrected chi connectivity index (χ0v) is 16.9. The molecular weight excluding hydrogens is 364 g/mol. The molecule has 1 aromatic heterocycles. The summed E-state index contributed by atoms with van der Waals surface area (Å²) in [7, 11) is 1.73. The zero-order valence-electron chi connectivity index (χ0n) is 16.9. The molecule has 1 heterocycles. The molecule has 0 atom stereocenters. The van der Waals surface area contributed by atoms with Crippen molar-refractivity contribution in [2.24, 2.45) is 0 Å². The molecule has 4 rings (SSSR count). The first-order chi connectivity index (χ1) is 14.1. The zero-order chi connectivity index (χ0) is 20.3. The number of nitrogens with zero attached hydrogens (tertiary/aromatic N) is 1. The van der Waals surface area contributed by atoms with Crippen molar-refractivity contribution in [2.75, 3.05) is 13.7 Å². The lowest BCUT2D eigenvalue weighted by Gasteiger charge is -2.15. The van der Waals surface area contributed by atoms with Crippen LogP contribution in [0.4, 0.5) is 4.79 Å². The van der Waals surface area contributed by atoms with Crippen molar-refractivity contribution in [1.29, 1.82) is 0 Å². The number of carbonyl (C=O) groups is 1. The monoisotopic (exact) mass is 392 g/mol. The molecule has 0 bridgehead atoms. The molecule has 0 unspecified atom stereocenters. The first-order valence-corrected chi connectivity index (χ1v) is 10.2. The smallest absolute Gasteiger partial charge is 0.405 e. The maximum atomic E-state index is 11.3. The van der Waals surface area contributed by atoms with Crippen LogP contribution in [0.5, 0.6) is 0 Å². The van der Waals surface area contributed by atoms with Crippen molar-refractivity contribution in [1.82, 2.24) is 9.88 Å². The number of hydrogen-bond acceptors (Lipinski definition) is 2. The third kappa shape index (κ3) is 4.46. The van der Waals surface area contributed by atoms with Crippen LogP contribution in [-0.4, -0.2) is 35.0 Å². The van der Waals surface area contributed by atoms with Gasteiger partial charge in [-0.1, -0.05) is 42.5 Å². The van der Waals surface area contributed by atoms with Crippen LogP contribution in [0.25, 0.3) is 10.9 Å². The van der Waals surface area contributed by atoms with Crippen LogP contribution >= 0.6 is 0 Å². The Kier molecular flexibility index (Phi) is 5.58. The molecule has 2 aromatic carbocycles. The van der Waals surface area contributed by atoms with E-state index in [9.17, 15) is 9.90 Å². The molecule has 0 saturated heterocycles. The van der Waals surface area contributed by atoms with E-state index in [1.807, 2.05) is 6.07 Å². The third-order valence-corrected chi connectivity index (χ3v) is 5.81. The number of amides is 1. The highest BCUT2D eigenvalue weighted by atomic mass is 16.5. The maximum absolute atomic E-state index is 11.3. The predicted octanol–water partition coefficient (Wildman–Crippen LogP) is 4.61. The number of benzene rings is 2. The molecule has 5 heteroatoms. The largest absolute Gasteiger partial charge is 0.465 e. The normalized spacial score (nSPS) is 14.8. The lowest BCUT2D eigenvalue weighted by Crippen LogP contribution is -2.37. The number of carboxylic acid groups (broad SMARTS) is 1. The third-order valence-electron chi connectivity index (χ3n) is 5.81. The number of nitrogens with one attached hydrogen (secondary N) is 1. The van der Waals surface area contributed by atoms with Gasteiger partial charge in [0.25, 0.3) is 0 Å². The van der Waals surface area contributed by atoms with Gasteiger partial charge in [-0.2, -0.15) is 0 Å². The summed E-state index contributed by atoms with van der Waals surface area (Å²) in [5.41, 5.74) is 4.71. The number of methoxy groups -OCH3 is 1. The van der Waals surface area contributed by atoms with Crippen molar-refractivity contribution in [3.8, 4) is 0 Å². The van der Waals surface area contributed by atoms with Gasteiger partial charge in [-0.25, -0.2) is 4.79 Å². The Labute approximate surface area is 171 Å². The van der Waals surface area contributed by atoms with Gasteiger partial charge in [0.15, 0.2) is 0 Å². The van der Waals surface area contributed by atoms with E-state index < -0.39 is 6.09 Å². The SMILES string of the molecule is COCCCn1cc(CC2(NC(=O)O)CC2)c2c(Cc3ccccc3)cccc21. The molecule has 29 heavy (non-hydrogen) atoms. The Hall–Kier alpha value is -2.79. The average Bonchev–Trinajstić information content (AvgIpc) is 3.36. The highest BCUT2D eigenvalue weighted by molar-refractivity contribution is 5.88. The van der Waals surface area contributed by atoms with Gasteiger partial charge in [-0.05, 0) is 54.9 Å². The highest BCUT2D eigenvalue weighted by Crippen LogP contribution is 2.41. The number of aryl methyl sites for hydroxylation is 1. The lowest BCUT2D eigenvalue weighted by atomic mass is 9.96. The molecular formula is C24H28N2O3. The van der Waals surface area contributed by atoms with E-state index in [4.69, 9.17) is 4.74 Å². The average molecular weight is 392 g/mol. The molecule has 0 spiro atoms. The maximum Gasteiger partial charge on any atom is 0.405 e.